The summed E-state index contributed by atoms with van der Waals surface area (Å²) in [6.07, 6.45) is 9.92. The molecule has 3 aromatic carbocycles. The van der Waals surface area contributed by atoms with Crippen molar-refractivity contribution in [1.82, 2.24) is 0 Å². The van der Waals surface area contributed by atoms with Gasteiger partial charge in [0.1, 0.15) is 0 Å². The van der Waals surface area contributed by atoms with Crippen molar-refractivity contribution in [2.75, 3.05) is 0 Å². The molecular weight excluding hydrogens is 496 g/mol. The van der Waals surface area contributed by atoms with E-state index in [4.69, 9.17) is 0 Å². The zero-order valence-electron chi connectivity index (χ0n) is 16.6. The van der Waals surface area contributed by atoms with Crippen LogP contribution in [0.25, 0.3) is 11.1 Å². The van der Waals surface area contributed by atoms with Gasteiger partial charge in [-0.05, 0) is 51.6 Å². The van der Waals surface area contributed by atoms with E-state index in [1.807, 2.05) is 42.5 Å². The van der Waals surface area contributed by atoms with Crippen LogP contribution in [-0.4, -0.2) is 0 Å². The molecule has 2 heteroatoms. The first-order chi connectivity index (χ1) is 14.6. The molecule has 0 aromatic heterocycles. The lowest BCUT2D eigenvalue weighted by atomic mass is 9.88. The third-order valence-corrected chi connectivity index (χ3v) is 5.71. The number of benzene rings is 3. The summed E-state index contributed by atoms with van der Waals surface area (Å²) in [6.45, 7) is 8.17. The Morgan fingerprint density at radius 1 is 0.733 bits per heavy atom. The van der Waals surface area contributed by atoms with E-state index >= 15 is 0 Å². The lowest BCUT2D eigenvalue weighted by molar-refractivity contribution is 1.47. The second-order valence-corrected chi connectivity index (χ2v) is 8.45. The van der Waals surface area contributed by atoms with Crippen LogP contribution in [0.5, 0.6) is 0 Å². The van der Waals surface area contributed by atoms with Gasteiger partial charge in [-0.25, -0.2) is 0 Å². The Bertz CT molecular complexity index is 1120. The smallest absolute Gasteiger partial charge is 0.0181 e. The van der Waals surface area contributed by atoms with Gasteiger partial charge in [-0.1, -0.05) is 136 Å². The zero-order valence-corrected chi connectivity index (χ0v) is 19.7. The van der Waals surface area contributed by atoms with Crippen LogP contribution in [0.1, 0.15) is 22.3 Å². The van der Waals surface area contributed by atoms with E-state index in [1.165, 1.54) is 0 Å². The highest BCUT2D eigenvalue weighted by Gasteiger charge is 2.13. The molecule has 0 nitrogen and oxygen atoms in total. The number of allylic oxidation sites excluding steroid dienone is 6. The van der Waals surface area contributed by atoms with Crippen LogP contribution < -0.4 is 0 Å². The van der Waals surface area contributed by atoms with Crippen molar-refractivity contribution >= 4 is 43.0 Å². The van der Waals surface area contributed by atoms with Crippen LogP contribution in [0.2, 0.25) is 0 Å². The fourth-order valence-electron chi connectivity index (χ4n) is 3.12. The Morgan fingerprint density at radius 3 is 1.97 bits per heavy atom. The molecule has 0 heterocycles. The first kappa shape index (κ1) is 22.0. The molecule has 0 radical (unpaired) electrons. The van der Waals surface area contributed by atoms with Gasteiger partial charge < -0.3 is 0 Å². The molecule has 0 N–H and O–H groups in total. The normalized spacial score (nSPS) is 12.2. The Kier molecular flexibility index (Phi) is 8.01. The minimum atomic E-state index is 0.940. The van der Waals surface area contributed by atoms with E-state index in [-0.39, 0.29) is 0 Å². The highest BCUT2D eigenvalue weighted by atomic mass is 79.9. The topological polar surface area (TPSA) is 0 Å². The van der Waals surface area contributed by atoms with E-state index in [0.29, 0.717) is 0 Å². The van der Waals surface area contributed by atoms with Gasteiger partial charge >= 0.3 is 0 Å². The van der Waals surface area contributed by atoms with Crippen molar-refractivity contribution in [1.29, 1.82) is 0 Å². The van der Waals surface area contributed by atoms with E-state index in [9.17, 15) is 0 Å². The third-order valence-electron chi connectivity index (χ3n) is 4.63. The Balaban J connectivity index is 2.14. The van der Waals surface area contributed by atoms with Gasteiger partial charge in [0, 0.05) is 8.96 Å². The summed E-state index contributed by atoms with van der Waals surface area (Å²) in [5.74, 6) is 0. The Morgan fingerprint density at radius 2 is 1.33 bits per heavy atom. The van der Waals surface area contributed by atoms with Gasteiger partial charge in [-0.3, -0.25) is 0 Å². The molecule has 3 rings (SSSR count). The fraction of sp³-hybridized carbons (Fsp3) is 0. The molecule has 0 aliphatic carbocycles. The van der Waals surface area contributed by atoms with Crippen LogP contribution in [0.3, 0.4) is 0 Å². The largest absolute Gasteiger partial charge is 0.0979 e. The molecule has 0 aliphatic rings. The maximum atomic E-state index is 4.41. The Labute approximate surface area is 195 Å². The number of hydrogen-bond acceptors (Lipinski definition) is 0. The predicted molar refractivity (Wildman–Crippen MR) is 139 cm³/mol. The summed E-state index contributed by atoms with van der Waals surface area (Å²) >= 11 is 7.09. The van der Waals surface area contributed by atoms with Crippen molar-refractivity contribution in [2.24, 2.45) is 0 Å². The first-order valence-corrected chi connectivity index (χ1v) is 11.2. The maximum Gasteiger partial charge on any atom is 0.0181 e. The lowest BCUT2D eigenvalue weighted by Crippen LogP contribution is -1.96. The van der Waals surface area contributed by atoms with E-state index in [0.717, 1.165) is 42.4 Å². The summed E-state index contributed by atoms with van der Waals surface area (Å²) in [6, 6.07) is 27.1. The first-order valence-electron chi connectivity index (χ1n) is 9.57. The van der Waals surface area contributed by atoms with Crippen molar-refractivity contribution in [3.63, 3.8) is 0 Å². The van der Waals surface area contributed by atoms with Crippen LogP contribution in [-0.2, 0) is 0 Å². The molecule has 0 bridgehead atoms. The summed E-state index contributed by atoms with van der Waals surface area (Å²) in [4.78, 5) is 0. The van der Waals surface area contributed by atoms with Crippen LogP contribution >= 0.6 is 31.9 Å². The van der Waals surface area contributed by atoms with Crippen molar-refractivity contribution in [2.45, 2.75) is 0 Å². The quantitative estimate of drug-likeness (QED) is 0.274. The molecule has 0 saturated carbocycles. The second-order valence-electron chi connectivity index (χ2n) is 6.62. The monoisotopic (exact) mass is 516 g/mol. The maximum absolute atomic E-state index is 4.41. The van der Waals surface area contributed by atoms with Gasteiger partial charge in [0.15, 0.2) is 0 Å². The average Bonchev–Trinajstić information content (AvgIpc) is 2.80. The Hall–Kier alpha value is -2.68. The molecule has 0 aliphatic heterocycles. The molecular formula is C28H22Br2. The van der Waals surface area contributed by atoms with E-state index < -0.39 is 0 Å². The SMILES string of the molecule is C=C\C(Br)=C/C=C\C=C(\c1ccccc1)c1ccc(Br)cc1C(=C)c1ccccc1. The molecule has 148 valence electrons. The van der Waals surface area contributed by atoms with Crippen molar-refractivity contribution in [3.8, 4) is 0 Å². The molecule has 3 aromatic rings. The van der Waals surface area contributed by atoms with Gasteiger partial charge in [-0.2, -0.15) is 0 Å². The standard InChI is InChI=1S/C28H22Br2/c1-3-24(29)16-10-11-17-26(23-14-8-5-9-15-23)27-19-18-25(30)20-28(27)21(2)22-12-6-4-7-13-22/h3-20H,1-2H2/b11-10-,24-16+,26-17-. The summed E-state index contributed by atoms with van der Waals surface area (Å²) in [5, 5.41) is 0. The van der Waals surface area contributed by atoms with Gasteiger partial charge in [-0.15, -0.1) is 0 Å². The lowest BCUT2D eigenvalue weighted by Gasteiger charge is -2.16. The molecule has 30 heavy (non-hydrogen) atoms. The molecule has 0 spiro atoms. The van der Waals surface area contributed by atoms with Gasteiger partial charge in [0.2, 0.25) is 0 Å². The van der Waals surface area contributed by atoms with Crippen molar-refractivity contribution in [3.05, 3.63) is 154 Å². The zero-order chi connectivity index (χ0) is 21.3. The van der Waals surface area contributed by atoms with E-state index in [1.54, 1.807) is 6.08 Å². The second kappa shape index (κ2) is 10.9. The van der Waals surface area contributed by atoms with Gasteiger partial charge in [0.25, 0.3) is 0 Å². The fourth-order valence-corrected chi connectivity index (χ4v) is 3.64. The number of halogens is 2. The van der Waals surface area contributed by atoms with Crippen LogP contribution in [0.4, 0.5) is 0 Å². The minimum absolute atomic E-state index is 0.940. The van der Waals surface area contributed by atoms with Crippen LogP contribution in [0, 0.1) is 0 Å². The molecule has 0 fully saturated rings. The third kappa shape index (κ3) is 5.69. The number of hydrogen-bond donors (Lipinski definition) is 0. The van der Waals surface area contributed by atoms with Crippen LogP contribution in [0.15, 0.2) is 131 Å². The minimum Gasteiger partial charge on any atom is -0.0979 e. The predicted octanol–water partition coefficient (Wildman–Crippen LogP) is 8.96. The molecule has 0 saturated heterocycles. The average molecular weight is 518 g/mol. The van der Waals surface area contributed by atoms with Gasteiger partial charge in [0.05, 0.1) is 0 Å². The van der Waals surface area contributed by atoms with Crippen molar-refractivity contribution < 1.29 is 0 Å². The number of rotatable bonds is 7. The highest BCUT2D eigenvalue weighted by molar-refractivity contribution is 9.12. The molecule has 0 atom stereocenters. The summed E-state index contributed by atoms with van der Waals surface area (Å²) in [5.41, 5.74) is 6.62. The molecule has 0 unspecified atom stereocenters. The van der Waals surface area contributed by atoms with E-state index in [2.05, 4.69) is 106 Å². The highest BCUT2D eigenvalue weighted by Crippen LogP contribution is 2.34. The summed E-state index contributed by atoms with van der Waals surface area (Å²) in [7, 11) is 0. The molecule has 0 amide bonds. The summed E-state index contributed by atoms with van der Waals surface area (Å²) < 4.78 is 1.97.